The second-order valence-electron chi connectivity index (χ2n) is 8.25. The molecule has 1 atom stereocenters. The number of thiazole rings is 1. The first kappa shape index (κ1) is 22.7. The standard InChI is InChI=1S/C29H24N2O3S/c1-3-34-28(33)24-25(21-10-6-4-7-11-21)30-29-31(26(24)22-12-8-5-9-13-22)27(32)23(35-29)18-20-16-14-19(2)15-17-20/h4-18,26H,3H2,1-2H3. The molecule has 1 aromatic heterocycles. The third-order valence-electron chi connectivity index (χ3n) is 5.86. The first-order chi connectivity index (χ1) is 17.1. The maximum atomic E-state index is 13.7. The first-order valence-corrected chi connectivity index (χ1v) is 12.3. The van der Waals surface area contributed by atoms with E-state index in [1.54, 1.807) is 11.5 Å². The smallest absolute Gasteiger partial charge is 0.338 e. The van der Waals surface area contributed by atoms with Crippen LogP contribution in [0.2, 0.25) is 0 Å². The number of nitrogens with zero attached hydrogens (tertiary/aromatic N) is 2. The number of esters is 1. The quantitative estimate of drug-likeness (QED) is 0.402. The van der Waals surface area contributed by atoms with E-state index in [1.165, 1.54) is 11.3 Å². The zero-order valence-corrected chi connectivity index (χ0v) is 20.3. The fourth-order valence-corrected chi connectivity index (χ4v) is 5.21. The summed E-state index contributed by atoms with van der Waals surface area (Å²) in [5, 5.41) is 0. The minimum atomic E-state index is -0.651. The third-order valence-corrected chi connectivity index (χ3v) is 6.85. The average Bonchev–Trinajstić information content (AvgIpc) is 3.20. The Kier molecular flexibility index (Phi) is 6.29. The fraction of sp³-hybridized carbons (Fsp3) is 0.138. The molecule has 1 aliphatic heterocycles. The highest BCUT2D eigenvalue weighted by atomic mass is 32.1. The highest BCUT2D eigenvalue weighted by Gasteiger charge is 2.35. The molecule has 0 N–H and O–H groups in total. The van der Waals surface area contributed by atoms with Crippen molar-refractivity contribution in [1.29, 1.82) is 0 Å². The zero-order valence-electron chi connectivity index (χ0n) is 19.5. The van der Waals surface area contributed by atoms with E-state index in [9.17, 15) is 9.59 Å². The molecule has 0 aliphatic carbocycles. The lowest BCUT2D eigenvalue weighted by Gasteiger charge is -2.25. The Bertz CT molecular complexity index is 1580. The van der Waals surface area contributed by atoms with Crippen molar-refractivity contribution in [2.75, 3.05) is 6.61 Å². The molecule has 174 valence electrons. The molecule has 0 amide bonds. The third kappa shape index (κ3) is 4.40. The second kappa shape index (κ2) is 9.68. The maximum Gasteiger partial charge on any atom is 0.338 e. The van der Waals surface area contributed by atoms with E-state index in [0.717, 1.165) is 22.3 Å². The lowest BCUT2D eigenvalue weighted by Crippen LogP contribution is -2.39. The molecule has 1 aliphatic rings. The molecule has 3 aromatic carbocycles. The topological polar surface area (TPSA) is 60.7 Å². The van der Waals surface area contributed by atoms with E-state index in [0.29, 0.717) is 20.6 Å². The van der Waals surface area contributed by atoms with Crippen molar-refractivity contribution < 1.29 is 9.53 Å². The van der Waals surface area contributed by atoms with Gasteiger partial charge in [0.05, 0.1) is 28.5 Å². The van der Waals surface area contributed by atoms with Gasteiger partial charge in [0.25, 0.3) is 5.56 Å². The van der Waals surface area contributed by atoms with Gasteiger partial charge in [-0.3, -0.25) is 9.36 Å². The number of hydrogen-bond acceptors (Lipinski definition) is 5. The van der Waals surface area contributed by atoms with Crippen molar-refractivity contribution in [3.63, 3.8) is 0 Å². The van der Waals surface area contributed by atoms with Crippen molar-refractivity contribution in [3.8, 4) is 0 Å². The van der Waals surface area contributed by atoms with Crippen molar-refractivity contribution in [1.82, 2.24) is 4.57 Å². The summed E-state index contributed by atoms with van der Waals surface area (Å²) in [5.41, 5.74) is 4.41. The summed E-state index contributed by atoms with van der Waals surface area (Å²) in [4.78, 5) is 32.5. The van der Waals surface area contributed by atoms with Gasteiger partial charge in [-0.25, -0.2) is 9.79 Å². The molecule has 2 heterocycles. The number of carbonyl (C=O) groups is 1. The number of aryl methyl sites for hydroxylation is 1. The van der Waals surface area contributed by atoms with E-state index < -0.39 is 12.0 Å². The Morgan fingerprint density at radius 2 is 1.66 bits per heavy atom. The molecule has 6 heteroatoms. The molecule has 0 fully saturated rings. The summed E-state index contributed by atoms with van der Waals surface area (Å²) >= 11 is 1.33. The van der Waals surface area contributed by atoms with Crippen LogP contribution >= 0.6 is 11.3 Å². The van der Waals surface area contributed by atoms with E-state index in [1.807, 2.05) is 97.9 Å². The SMILES string of the molecule is CCOC(=O)C1=C(c2ccccc2)N=c2sc(=Cc3ccc(C)cc3)c(=O)n2C1c1ccccc1. The lowest BCUT2D eigenvalue weighted by molar-refractivity contribution is -0.138. The van der Waals surface area contributed by atoms with Crippen LogP contribution in [-0.2, 0) is 9.53 Å². The number of ether oxygens (including phenoxy) is 1. The molecule has 0 saturated carbocycles. The fourth-order valence-electron chi connectivity index (χ4n) is 4.21. The van der Waals surface area contributed by atoms with Gasteiger partial charge in [-0.1, -0.05) is 102 Å². The molecular weight excluding hydrogens is 456 g/mol. The van der Waals surface area contributed by atoms with Crippen LogP contribution in [0.5, 0.6) is 0 Å². The number of fused-ring (bicyclic) bond motifs is 1. The van der Waals surface area contributed by atoms with E-state index >= 15 is 0 Å². The van der Waals surface area contributed by atoms with Gasteiger partial charge in [0.2, 0.25) is 0 Å². The van der Waals surface area contributed by atoms with Crippen LogP contribution in [0.15, 0.2) is 100 Å². The zero-order chi connectivity index (χ0) is 24.4. The number of hydrogen-bond donors (Lipinski definition) is 0. The summed E-state index contributed by atoms with van der Waals surface area (Å²) < 4.78 is 7.66. The lowest BCUT2D eigenvalue weighted by atomic mass is 9.93. The molecule has 0 spiro atoms. The van der Waals surface area contributed by atoms with Crippen LogP contribution in [0.4, 0.5) is 0 Å². The van der Waals surface area contributed by atoms with Gasteiger partial charge in [-0.2, -0.15) is 0 Å². The largest absolute Gasteiger partial charge is 0.463 e. The summed E-state index contributed by atoms with van der Waals surface area (Å²) in [6.45, 7) is 4.03. The van der Waals surface area contributed by atoms with Gasteiger partial charge in [0.1, 0.15) is 0 Å². The molecule has 5 rings (SSSR count). The van der Waals surface area contributed by atoms with Gasteiger partial charge in [-0.15, -0.1) is 0 Å². The number of benzene rings is 3. The highest BCUT2D eigenvalue weighted by molar-refractivity contribution is 7.07. The maximum absolute atomic E-state index is 13.7. The second-order valence-corrected chi connectivity index (χ2v) is 9.26. The molecule has 1 unspecified atom stereocenters. The average molecular weight is 481 g/mol. The van der Waals surface area contributed by atoms with Crippen LogP contribution in [0.25, 0.3) is 11.8 Å². The van der Waals surface area contributed by atoms with Crippen LogP contribution in [0.3, 0.4) is 0 Å². The minimum Gasteiger partial charge on any atom is -0.463 e. The molecular formula is C29H24N2O3S. The molecule has 0 radical (unpaired) electrons. The Morgan fingerprint density at radius 1 is 1.00 bits per heavy atom. The minimum absolute atomic E-state index is 0.183. The van der Waals surface area contributed by atoms with Gasteiger partial charge >= 0.3 is 5.97 Å². The van der Waals surface area contributed by atoms with Crippen LogP contribution in [0, 0.1) is 6.92 Å². The van der Waals surface area contributed by atoms with Crippen molar-refractivity contribution >= 4 is 29.1 Å². The number of aromatic nitrogens is 1. The Morgan fingerprint density at radius 3 is 2.31 bits per heavy atom. The Hall–Kier alpha value is -4.03. The van der Waals surface area contributed by atoms with Crippen LogP contribution < -0.4 is 14.9 Å². The van der Waals surface area contributed by atoms with Crippen LogP contribution in [0.1, 0.15) is 35.2 Å². The number of carbonyl (C=O) groups excluding carboxylic acids is 1. The molecule has 4 aromatic rings. The molecule has 0 bridgehead atoms. The van der Waals surface area contributed by atoms with E-state index in [-0.39, 0.29) is 12.2 Å². The molecule has 0 saturated heterocycles. The van der Waals surface area contributed by atoms with Gasteiger partial charge < -0.3 is 4.74 Å². The van der Waals surface area contributed by atoms with E-state index in [4.69, 9.17) is 9.73 Å². The first-order valence-electron chi connectivity index (χ1n) is 11.5. The predicted molar refractivity (Wildman–Crippen MR) is 139 cm³/mol. The Balaban J connectivity index is 1.82. The van der Waals surface area contributed by atoms with Gasteiger partial charge in [-0.05, 0) is 31.1 Å². The molecule has 5 nitrogen and oxygen atoms in total. The van der Waals surface area contributed by atoms with Crippen molar-refractivity contribution in [2.45, 2.75) is 19.9 Å². The van der Waals surface area contributed by atoms with Gasteiger partial charge in [0.15, 0.2) is 4.80 Å². The van der Waals surface area contributed by atoms with Crippen LogP contribution in [-0.4, -0.2) is 17.1 Å². The number of rotatable bonds is 5. The monoisotopic (exact) mass is 480 g/mol. The van der Waals surface area contributed by atoms with Gasteiger partial charge in [0, 0.05) is 5.56 Å². The summed E-state index contributed by atoms with van der Waals surface area (Å²) in [7, 11) is 0. The summed E-state index contributed by atoms with van der Waals surface area (Å²) in [5.74, 6) is -0.475. The van der Waals surface area contributed by atoms with E-state index in [2.05, 4.69) is 0 Å². The highest BCUT2D eigenvalue weighted by Crippen LogP contribution is 2.34. The predicted octanol–water partition coefficient (Wildman–Crippen LogP) is 4.24. The van der Waals surface area contributed by atoms with Crippen molar-refractivity contribution in [2.24, 2.45) is 4.99 Å². The summed E-state index contributed by atoms with van der Waals surface area (Å²) in [6, 6.07) is 26.5. The Labute approximate surface area is 207 Å². The van der Waals surface area contributed by atoms with Crippen molar-refractivity contribution in [3.05, 3.63) is 132 Å². The molecule has 35 heavy (non-hydrogen) atoms. The normalized spacial score (nSPS) is 15.5. The summed E-state index contributed by atoms with van der Waals surface area (Å²) in [6.07, 6.45) is 1.88.